The standard InChI is InChI=1S/C11H7FO3/c12-9-4-8-3-7(11(14)15)2-1-6(8)5-10(9)13/h1-5,13H,(H,14,15). The Morgan fingerprint density at radius 2 is 1.87 bits per heavy atom. The van der Waals surface area contributed by atoms with E-state index in [1.807, 2.05) is 0 Å². The molecule has 2 aromatic carbocycles. The highest BCUT2D eigenvalue weighted by atomic mass is 19.1. The lowest BCUT2D eigenvalue weighted by atomic mass is 10.1. The Kier molecular flexibility index (Phi) is 2.04. The summed E-state index contributed by atoms with van der Waals surface area (Å²) in [6, 6.07) is 6.66. The van der Waals surface area contributed by atoms with E-state index in [9.17, 15) is 9.18 Å². The van der Waals surface area contributed by atoms with Crippen molar-refractivity contribution in [1.82, 2.24) is 0 Å². The molecule has 15 heavy (non-hydrogen) atoms. The number of benzene rings is 2. The van der Waals surface area contributed by atoms with Crippen LogP contribution in [0.15, 0.2) is 30.3 Å². The van der Waals surface area contributed by atoms with Gasteiger partial charge >= 0.3 is 5.97 Å². The first-order chi connectivity index (χ1) is 7.08. The van der Waals surface area contributed by atoms with Crippen LogP contribution in [0, 0.1) is 5.82 Å². The average molecular weight is 206 g/mol. The zero-order valence-corrected chi connectivity index (χ0v) is 7.57. The van der Waals surface area contributed by atoms with Gasteiger partial charge in [0.1, 0.15) is 0 Å². The summed E-state index contributed by atoms with van der Waals surface area (Å²) in [6.07, 6.45) is 0. The summed E-state index contributed by atoms with van der Waals surface area (Å²) in [5.74, 6) is -2.26. The van der Waals surface area contributed by atoms with Crippen LogP contribution in [-0.2, 0) is 0 Å². The van der Waals surface area contributed by atoms with E-state index in [4.69, 9.17) is 10.2 Å². The van der Waals surface area contributed by atoms with E-state index in [1.165, 1.54) is 24.3 Å². The van der Waals surface area contributed by atoms with Crippen molar-refractivity contribution >= 4 is 16.7 Å². The van der Waals surface area contributed by atoms with Gasteiger partial charge in [-0.3, -0.25) is 0 Å². The number of phenols is 1. The zero-order valence-electron chi connectivity index (χ0n) is 7.57. The molecule has 76 valence electrons. The molecule has 0 amide bonds. The Labute approximate surface area is 84.4 Å². The van der Waals surface area contributed by atoms with Crippen molar-refractivity contribution in [3.63, 3.8) is 0 Å². The minimum absolute atomic E-state index is 0.0904. The number of hydrogen-bond donors (Lipinski definition) is 2. The normalized spacial score (nSPS) is 10.5. The molecule has 2 rings (SSSR count). The summed E-state index contributed by atoms with van der Waals surface area (Å²) in [6.45, 7) is 0. The van der Waals surface area contributed by atoms with Crippen LogP contribution < -0.4 is 0 Å². The maximum Gasteiger partial charge on any atom is 0.335 e. The van der Waals surface area contributed by atoms with Gasteiger partial charge in [-0.05, 0) is 35.0 Å². The van der Waals surface area contributed by atoms with Crippen LogP contribution in [0.3, 0.4) is 0 Å². The number of fused-ring (bicyclic) bond motifs is 1. The average Bonchev–Trinajstić information content (AvgIpc) is 2.19. The van der Waals surface area contributed by atoms with Crippen LogP contribution in [0.25, 0.3) is 10.8 Å². The van der Waals surface area contributed by atoms with Gasteiger partial charge < -0.3 is 10.2 Å². The van der Waals surface area contributed by atoms with Crippen molar-refractivity contribution in [1.29, 1.82) is 0 Å². The molecule has 0 aliphatic rings. The second kappa shape index (κ2) is 3.24. The van der Waals surface area contributed by atoms with Crippen LogP contribution in [0.1, 0.15) is 10.4 Å². The third kappa shape index (κ3) is 1.61. The number of hydrogen-bond acceptors (Lipinski definition) is 2. The van der Waals surface area contributed by atoms with Gasteiger partial charge in [0.25, 0.3) is 0 Å². The summed E-state index contributed by atoms with van der Waals surface area (Å²) in [7, 11) is 0. The first-order valence-corrected chi connectivity index (χ1v) is 4.23. The number of aromatic hydroxyl groups is 1. The topological polar surface area (TPSA) is 57.5 Å². The molecule has 2 N–H and O–H groups in total. The molecule has 0 saturated carbocycles. The third-order valence-electron chi connectivity index (χ3n) is 2.15. The first kappa shape index (κ1) is 9.45. The van der Waals surface area contributed by atoms with Crippen LogP contribution in [0.2, 0.25) is 0 Å². The highest BCUT2D eigenvalue weighted by Gasteiger charge is 2.06. The molecule has 0 aliphatic carbocycles. The minimum Gasteiger partial charge on any atom is -0.505 e. The number of phenolic OH excluding ortho intramolecular Hbond substituents is 1. The number of rotatable bonds is 1. The van der Waals surface area contributed by atoms with Gasteiger partial charge in [0.15, 0.2) is 11.6 Å². The first-order valence-electron chi connectivity index (χ1n) is 4.23. The molecule has 0 spiro atoms. The molecule has 2 aromatic rings. The predicted octanol–water partition coefficient (Wildman–Crippen LogP) is 2.38. The van der Waals surface area contributed by atoms with Gasteiger partial charge in [0.05, 0.1) is 5.56 Å². The van der Waals surface area contributed by atoms with Gasteiger partial charge in [-0.15, -0.1) is 0 Å². The maximum absolute atomic E-state index is 13.0. The van der Waals surface area contributed by atoms with E-state index in [2.05, 4.69) is 0 Å². The van der Waals surface area contributed by atoms with Gasteiger partial charge in [-0.2, -0.15) is 0 Å². The smallest absolute Gasteiger partial charge is 0.335 e. The fourth-order valence-electron chi connectivity index (χ4n) is 1.39. The van der Waals surface area contributed by atoms with Crippen LogP contribution >= 0.6 is 0 Å². The van der Waals surface area contributed by atoms with Gasteiger partial charge in [-0.25, -0.2) is 9.18 Å². The molecule has 0 saturated heterocycles. The van der Waals surface area contributed by atoms with E-state index >= 15 is 0 Å². The van der Waals surface area contributed by atoms with E-state index in [-0.39, 0.29) is 5.56 Å². The molecular weight excluding hydrogens is 199 g/mol. The lowest BCUT2D eigenvalue weighted by molar-refractivity contribution is 0.0697. The van der Waals surface area contributed by atoms with E-state index in [0.29, 0.717) is 10.8 Å². The number of carbonyl (C=O) groups is 1. The summed E-state index contributed by atoms with van der Waals surface area (Å²) in [4.78, 5) is 10.7. The maximum atomic E-state index is 13.0. The second-order valence-corrected chi connectivity index (χ2v) is 3.17. The van der Waals surface area contributed by atoms with Gasteiger partial charge in [0.2, 0.25) is 0 Å². The second-order valence-electron chi connectivity index (χ2n) is 3.17. The van der Waals surface area contributed by atoms with Crippen molar-refractivity contribution in [2.45, 2.75) is 0 Å². The van der Waals surface area contributed by atoms with Crippen molar-refractivity contribution in [2.24, 2.45) is 0 Å². The Balaban J connectivity index is 2.72. The lowest BCUT2D eigenvalue weighted by Crippen LogP contribution is -1.95. The molecule has 0 fully saturated rings. The SMILES string of the molecule is O=C(O)c1ccc2cc(O)c(F)cc2c1. The number of aromatic carboxylic acids is 1. The van der Waals surface area contributed by atoms with Crippen LogP contribution in [0.4, 0.5) is 4.39 Å². The number of carboxylic acids is 1. The Hall–Kier alpha value is -2.10. The summed E-state index contributed by atoms with van der Waals surface area (Å²) >= 11 is 0. The molecule has 0 radical (unpaired) electrons. The number of carboxylic acid groups (broad SMARTS) is 1. The molecular formula is C11H7FO3. The fourth-order valence-corrected chi connectivity index (χ4v) is 1.39. The third-order valence-corrected chi connectivity index (χ3v) is 2.15. The zero-order chi connectivity index (χ0) is 11.0. The van der Waals surface area contributed by atoms with Crippen molar-refractivity contribution in [3.05, 3.63) is 41.7 Å². The Morgan fingerprint density at radius 1 is 1.13 bits per heavy atom. The monoisotopic (exact) mass is 206 g/mol. The van der Waals surface area contributed by atoms with Crippen molar-refractivity contribution in [2.75, 3.05) is 0 Å². The van der Waals surface area contributed by atoms with Gasteiger partial charge in [0, 0.05) is 0 Å². The Bertz CT molecular complexity index is 549. The molecule has 0 heterocycles. The van der Waals surface area contributed by atoms with E-state index in [1.54, 1.807) is 0 Å². The minimum atomic E-state index is -1.06. The molecule has 4 heteroatoms. The molecule has 0 bridgehead atoms. The van der Waals surface area contributed by atoms with Crippen molar-refractivity contribution < 1.29 is 19.4 Å². The summed E-state index contributed by atoms with van der Waals surface area (Å²) in [5, 5.41) is 18.9. The molecule has 0 unspecified atom stereocenters. The highest BCUT2D eigenvalue weighted by Crippen LogP contribution is 2.24. The molecule has 3 nitrogen and oxygen atoms in total. The molecule has 0 atom stereocenters. The molecule has 0 aromatic heterocycles. The fraction of sp³-hybridized carbons (Fsp3) is 0. The largest absolute Gasteiger partial charge is 0.505 e. The predicted molar refractivity (Wildman–Crippen MR) is 52.5 cm³/mol. The number of halogens is 1. The lowest BCUT2D eigenvalue weighted by Gasteiger charge is -2.01. The summed E-state index contributed by atoms with van der Waals surface area (Å²) in [5.41, 5.74) is 0.0904. The Morgan fingerprint density at radius 3 is 2.53 bits per heavy atom. The van der Waals surface area contributed by atoms with E-state index < -0.39 is 17.5 Å². The van der Waals surface area contributed by atoms with Crippen LogP contribution in [-0.4, -0.2) is 16.2 Å². The highest BCUT2D eigenvalue weighted by molar-refractivity contribution is 5.94. The quantitative estimate of drug-likeness (QED) is 0.753. The summed E-state index contributed by atoms with van der Waals surface area (Å²) < 4.78 is 13.0. The van der Waals surface area contributed by atoms with Crippen LogP contribution in [0.5, 0.6) is 5.75 Å². The van der Waals surface area contributed by atoms with Gasteiger partial charge in [-0.1, -0.05) is 6.07 Å². The van der Waals surface area contributed by atoms with Crippen molar-refractivity contribution in [3.8, 4) is 5.75 Å². The van der Waals surface area contributed by atoms with E-state index in [0.717, 1.165) is 6.07 Å². The molecule has 0 aliphatic heterocycles.